The van der Waals surface area contributed by atoms with Gasteiger partial charge in [-0.3, -0.25) is 3.97 Å². The lowest BCUT2D eigenvalue weighted by Gasteiger charge is -2.24. The molecule has 1 fully saturated rings. The number of nitrogens with one attached hydrogen (secondary N) is 2. The first-order valence-corrected chi connectivity index (χ1v) is 15.2. The zero-order chi connectivity index (χ0) is 23.6. The van der Waals surface area contributed by atoms with Crippen LogP contribution >= 0.6 is 41.9 Å². The third kappa shape index (κ3) is 6.03. The summed E-state index contributed by atoms with van der Waals surface area (Å²) in [6.45, 7) is 6.12. The van der Waals surface area contributed by atoms with E-state index in [4.69, 9.17) is 16.3 Å². The summed E-state index contributed by atoms with van der Waals surface area (Å²) in [5.74, 6) is 0. The zero-order valence-corrected chi connectivity index (χ0v) is 23.1. The topological polar surface area (TPSA) is 55.3 Å². The van der Waals surface area contributed by atoms with E-state index in [1.165, 1.54) is 48.6 Å². The summed E-state index contributed by atoms with van der Waals surface area (Å²) < 4.78 is 7.66. The molecular formula is C25H31ClIN3O2S. The summed E-state index contributed by atoms with van der Waals surface area (Å²) in [4.78, 5) is 12.2. The number of rotatable bonds is 6. The van der Waals surface area contributed by atoms with Crippen LogP contribution in [-0.2, 0) is 11.2 Å². The maximum Gasteiger partial charge on any atom is 0.407 e. The number of ether oxygens (including phenoxy) is 1. The van der Waals surface area contributed by atoms with Gasteiger partial charge >= 0.3 is 6.09 Å². The molecule has 1 aliphatic carbocycles. The number of halogens is 2. The minimum Gasteiger partial charge on any atom is -0.444 e. The van der Waals surface area contributed by atoms with E-state index < -0.39 is 5.60 Å². The first kappa shape index (κ1) is 24.8. The lowest BCUT2D eigenvalue weighted by atomic mass is 9.95. The number of aromatic nitrogens is 1. The molecule has 2 N–H and O–H groups in total. The van der Waals surface area contributed by atoms with Gasteiger partial charge in [0.1, 0.15) is 5.60 Å². The minimum absolute atomic E-state index is 0.383. The molecule has 33 heavy (non-hydrogen) atoms. The van der Waals surface area contributed by atoms with Crippen LogP contribution in [0.3, 0.4) is 0 Å². The van der Waals surface area contributed by atoms with E-state index in [1.54, 1.807) is 9.12 Å². The first-order chi connectivity index (χ1) is 15.7. The fraction of sp³-hybridized carbons (Fsp3) is 0.480. The number of carbonyl (C=O) groups excluding carboxylic acids is 1. The molecule has 1 saturated carbocycles. The first-order valence-electron chi connectivity index (χ1n) is 11.5. The van der Waals surface area contributed by atoms with Crippen molar-refractivity contribution in [3.8, 4) is 0 Å². The van der Waals surface area contributed by atoms with Crippen molar-refractivity contribution in [1.82, 2.24) is 9.29 Å². The van der Waals surface area contributed by atoms with Crippen molar-refractivity contribution < 1.29 is 9.53 Å². The van der Waals surface area contributed by atoms with Crippen LogP contribution in [0.25, 0.3) is 21.8 Å². The van der Waals surface area contributed by atoms with Crippen LogP contribution in [0.4, 0.5) is 10.5 Å². The number of amides is 1. The van der Waals surface area contributed by atoms with Crippen molar-refractivity contribution in [3.63, 3.8) is 0 Å². The number of hydrogen-bond acceptors (Lipinski definition) is 4. The summed E-state index contributed by atoms with van der Waals surface area (Å²) in [6.07, 6.45) is 6.65. The van der Waals surface area contributed by atoms with Crippen molar-refractivity contribution >= 4 is 75.5 Å². The van der Waals surface area contributed by atoms with Gasteiger partial charge in [-0.2, -0.15) is 0 Å². The maximum absolute atomic E-state index is 12.2. The number of nitrogens with zero attached hydrogens (tertiary/aromatic N) is 1. The Kier molecular flexibility index (Phi) is 7.91. The molecule has 8 heteroatoms. The predicted octanol–water partition coefficient (Wildman–Crippen LogP) is 8.11. The lowest BCUT2D eigenvalue weighted by Crippen LogP contribution is -2.33. The van der Waals surface area contributed by atoms with Gasteiger partial charge in [0.15, 0.2) is 0 Å². The van der Waals surface area contributed by atoms with Gasteiger partial charge in [0, 0.05) is 64.4 Å². The summed E-state index contributed by atoms with van der Waals surface area (Å²) >= 11 is 8.71. The van der Waals surface area contributed by atoms with Crippen molar-refractivity contribution in [2.75, 3.05) is 11.9 Å². The quantitative estimate of drug-likeness (QED) is 0.281. The fourth-order valence-electron chi connectivity index (χ4n) is 4.60. The molecule has 178 valence electrons. The van der Waals surface area contributed by atoms with Crippen molar-refractivity contribution in [3.05, 3.63) is 40.9 Å². The second-order valence-electron chi connectivity index (χ2n) is 9.71. The van der Waals surface area contributed by atoms with Crippen LogP contribution < -0.4 is 10.6 Å². The van der Waals surface area contributed by atoms with Gasteiger partial charge in [0.05, 0.1) is 11.0 Å². The van der Waals surface area contributed by atoms with Crippen molar-refractivity contribution in [1.29, 1.82) is 0 Å². The summed E-state index contributed by atoms with van der Waals surface area (Å²) in [6, 6.07) is 11.1. The van der Waals surface area contributed by atoms with Gasteiger partial charge in [-0.15, -0.1) is 0 Å². The smallest absolute Gasteiger partial charge is 0.407 e. The van der Waals surface area contributed by atoms with Crippen LogP contribution in [0.5, 0.6) is 0 Å². The van der Waals surface area contributed by atoms with Crippen LogP contribution in [0.15, 0.2) is 30.3 Å². The zero-order valence-electron chi connectivity index (χ0n) is 19.3. The normalized spacial score (nSPS) is 15.2. The molecule has 1 amide bonds. The van der Waals surface area contributed by atoms with Gasteiger partial charge < -0.3 is 15.4 Å². The highest BCUT2D eigenvalue weighted by atomic mass is 127. The Labute approximate surface area is 217 Å². The van der Waals surface area contributed by atoms with Gasteiger partial charge in [-0.05, 0) is 75.9 Å². The van der Waals surface area contributed by atoms with Crippen LogP contribution in [0.2, 0.25) is 5.02 Å². The molecular weight excluding hydrogens is 569 g/mol. The number of hydrogen-bond donors (Lipinski definition) is 2. The van der Waals surface area contributed by atoms with Crippen molar-refractivity contribution in [2.45, 2.75) is 70.9 Å². The molecule has 1 aromatic heterocycles. The van der Waals surface area contributed by atoms with E-state index in [0.717, 1.165) is 21.6 Å². The lowest BCUT2D eigenvalue weighted by molar-refractivity contribution is 0.0528. The largest absolute Gasteiger partial charge is 0.444 e. The number of alkyl carbamates (subject to hydrolysis) is 1. The summed E-state index contributed by atoms with van der Waals surface area (Å²) in [5, 5.41) is 9.77. The van der Waals surface area contributed by atoms with Crippen LogP contribution in [0, 0.1) is 0 Å². The Balaban J connectivity index is 1.70. The molecule has 0 radical (unpaired) electrons. The molecule has 2 aromatic carbocycles. The summed E-state index contributed by atoms with van der Waals surface area (Å²) in [7, 11) is 1.65. The molecule has 0 atom stereocenters. The van der Waals surface area contributed by atoms with Crippen LogP contribution in [-0.4, -0.2) is 28.3 Å². The Morgan fingerprint density at radius 2 is 1.94 bits per heavy atom. The molecule has 0 saturated heterocycles. The molecule has 0 bridgehead atoms. The van der Waals surface area contributed by atoms with E-state index in [9.17, 15) is 4.79 Å². The average molecular weight is 600 g/mol. The van der Waals surface area contributed by atoms with Gasteiger partial charge in [0.2, 0.25) is 0 Å². The molecule has 3 aromatic rings. The Hall–Kier alpha value is -1.32. The monoisotopic (exact) mass is 599 g/mol. The number of benzene rings is 2. The molecule has 1 heterocycles. The van der Waals surface area contributed by atoms with E-state index in [1.807, 2.05) is 26.8 Å². The molecule has 4 rings (SSSR count). The SMILES string of the molecule is CC(C)(C)OC(=O)NCCc1cc(NC2CCCCC2)cc2c3cc(Cl)ccc3n(SI)c12. The molecule has 1 aliphatic rings. The third-order valence-electron chi connectivity index (χ3n) is 5.97. The number of anilines is 1. The van der Waals surface area contributed by atoms with E-state index in [0.29, 0.717) is 19.0 Å². The maximum atomic E-state index is 12.2. The molecule has 0 unspecified atom stereocenters. The predicted molar refractivity (Wildman–Crippen MR) is 150 cm³/mol. The molecule has 0 spiro atoms. The van der Waals surface area contributed by atoms with E-state index >= 15 is 0 Å². The van der Waals surface area contributed by atoms with E-state index in [2.05, 4.69) is 60.1 Å². The highest BCUT2D eigenvalue weighted by Crippen LogP contribution is 2.39. The van der Waals surface area contributed by atoms with Crippen LogP contribution in [0.1, 0.15) is 58.4 Å². The number of fused-ring (bicyclic) bond motifs is 3. The fourth-order valence-corrected chi connectivity index (χ4v) is 6.52. The standard InChI is InChI=1S/C25H31ClIN3O2S/c1-25(2,3)32-24(31)28-12-11-16-13-19(29-18-7-5-4-6-8-18)15-21-20-14-17(26)9-10-22(20)30(33-27)23(16)21/h9-10,13-15,18,29H,4-8,11-12H2,1-3H3,(H,28,31). The highest BCUT2D eigenvalue weighted by Gasteiger charge is 2.20. The van der Waals surface area contributed by atoms with Crippen molar-refractivity contribution in [2.24, 2.45) is 0 Å². The Bertz CT molecular complexity index is 1150. The second kappa shape index (κ2) is 10.5. The second-order valence-corrected chi connectivity index (χ2v) is 11.8. The third-order valence-corrected chi connectivity index (χ3v) is 7.90. The average Bonchev–Trinajstić information content (AvgIpc) is 3.06. The van der Waals surface area contributed by atoms with E-state index in [-0.39, 0.29) is 6.09 Å². The minimum atomic E-state index is -0.509. The Morgan fingerprint density at radius 3 is 2.64 bits per heavy atom. The highest BCUT2D eigenvalue weighted by molar-refractivity contribution is 14.2. The number of carbonyl (C=O) groups is 1. The Morgan fingerprint density at radius 1 is 1.18 bits per heavy atom. The molecule has 0 aliphatic heterocycles. The van der Waals surface area contributed by atoms with Gasteiger partial charge in [0.25, 0.3) is 0 Å². The van der Waals surface area contributed by atoms with Gasteiger partial charge in [-0.1, -0.05) is 30.9 Å². The van der Waals surface area contributed by atoms with Gasteiger partial charge in [-0.25, -0.2) is 4.79 Å². The summed E-state index contributed by atoms with van der Waals surface area (Å²) in [5.41, 5.74) is 4.14. The molecule has 5 nitrogen and oxygen atoms in total.